The summed E-state index contributed by atoms with van der Waals surface area (Å²) in [4.78, 5) is 20.9. The van der Waals surface area contributed by atoms with Crippen molar-refractivity contribution in [3.63, 3.8) is 0 Å². The molecule has 31 heavy (non-hydrogen) atoms. The minimum Gasteiger partial charge on any atom is -0.266 e. The normalized spacial score (nSPS) is 14.8. The Kier molecular flexibility index (Phi) is 4.11. The van der Waals surface area contributed by atoms with Crippen LogP contribution in [0.15, 0.2) is 35.4 Å². The number of pyridine rings is 3. The highest BCUT2D eigenvalue weighted by Gasteiger charge is 2.38. The summed E-state index contributed by atoms with van der Waals surface area (Å²) in [5.74, 6) is -1.69. The van der Waals surface area contributed by atoms with Crippen LogP contribution in [0.25, 0.3) is 27.6 Å². The molecule has 0 aromatic carbocycles. The minimum absolute atomic E-state index is 0.00463. The van der Waals surface area contributed by atoms with E-state index in [-0.39, 0.29) is 27.1 Å². The maximum atomic E-state index is 14.3. The lowest BCUT2D eigenvalue weighted by atomic mass is 10.1. The van der Waals surface area contributed by atoms with E-state index in [9.17, 15) is 31.1 Å². The lowest BCUT2D eigenvalue weighted by Gasteiger charge is -2.15. The van der Waals surface area contributed by atoms with Gasteiger partial charge in [0.15, 0.2) is 17.0 Å². The maximum absolute atomic E-state index is 14.3. The van der Waals surface area contributed by atoms with Crippen LogP contribution in [0.5, 0.6) is 0 Å². The zero-order chi connectivity index (χ0) is 22.1. The fourth-order valence-corrected chi connectivity index (χ4v) is 3.59. The molecule has 160 valence electrons. The van der Waals surface area contributed by atoms with E-state index in [2.05, 4.69) is 15.1 Å². The smallest absolute Gasteiger partial charge is 0.266 e. The number of alkyl halides is 5. The van der Waals surface area contributed by atoms with Gasteiger partial charge in [-0.2, -0.15) is 27.1 Å². The summed E-state index contributed by atoms with van der Waals surface area (Å²) >= 11 is 0. The summed E-state index contributed by atoms with van der Waals surface area (Å²) in [6, 6.07) is 3.49. The molecule has 0 spiro atoms. The van der Waals surface area contributed by atoms with Gasteiger partial charge in [-0.05, 0) is 31.0 Å². The first-order valence-corrected chi connectivity index (χ1v) is 9.11. The molecule has 0 N–H and O–H groups in total. The van der Waals surface area contributed by atoms with Crippen LogP contribution in [0.3, 0.4) is 0 Å². The molecule has 4 aromatic rings. The van der Waals surface area contributed by atoms with Crippen molar-refractivity contribution >= 4 is 21.9 Å². The van der Waals surface area contributed by atoms with Crippen molar-refractivity contribution in [3.8, 4) is 5.69 Å². The molecule has 0 atom stereocenters. The van der Waals surface area contributed by atoms with E-state index in [1.54, 1.807) is 0 Å². The summed E-state index contributed by atoms with van der Waals surface area (Å²) in [6.07, 6.45) is -1.32. The van der Waals surface area contributed by atoms with Gasteiger partial charge in [-0.25, -0.2) is 14.1 Å². The molecule has 5 rings (SSSR count). The van der Waals surface area contributed by atoms with Crippen molar-refractivity contribution in [3.05, 3.63) is 58.2 Å². The Labute approximate surface area is 168 Å². The fourth-order valence-electron chi connectivity index (χ4n) is 3.59. The zero-order valence-corrected chi connectivity index (χ0v) is 15.4. The molecular weight excluding hydrogens is 428 g/mol. The molecule has 1 fully saturated rings. The van der Waals surface area contributed by atoms with Gasteiger partial charge in [-0.3, -0.25) is 14.3 Å². The number of halogens is 6. The highest BCUT2D eigenvalue weighted by Crippen LogP contribution is 2.42. The monoisotopic (exact) mass is 439 g/mol. The Morgan fingerprint density at radius 3 is 2.55 bits per heavy atom. The standard InChI is InChI=1S/C19H11F6N5O/c20-11-6-9-10-7-29(18(21)22)28-14(10)17(31)30(16(9)27-15(11)19(23,24)25)12-2-1-5-26-13(12)8-3-4-8/h1-2,5-8,18H,3-4H2. The first-order chi connectivity index (χ1) is 14.7. The molecule has 6 nitrogen and oxygen atoms in total. The number of hydrogen-bond acceptors (Lipinski definition) is 4. The first-order valence-electron chi connectivity index (χ1n) is 9.11. The van der Waals surface area contributed by atoms with Crippen molar-refractivity contribution in [2.24, 2.45) is 0 Å². The molecule has 0 unspecified atom stereocenters. The average molecular weight is 439 g/mol. The SMILES string of the molecule is O=c1c2nn(C(F)F)cc2c2cc(F)c(C(F)(F)F)nc2n1-c1cccnc1C1CC1. The summed E-state index contributed by atoms with van der Waals surface area (Å²) < 4.78 is 81.7. The Morgan fingerprint density at radius 1 is 1.16 bits per heavy atom. The molecule has 0 radical (unpaired) electrons. The van der Waals surface area contributed by atoms with Gasteiger partial charge in [0.05, 0.1) is 11.4 Å². The van der Waals surface area contributed by atoms with E-state index in [1.807, 2.05) is 0 Å². The van der Waals surface area contributed by atoms with Gasteiger partial charge in [0.2, 0.25) is 0 Å². The van der Waals surface area contributed by atoms with Crippen LogP contribution in [0, 0.1) is 5.82 Å². The number of nitrogens with zero attached hydrogens (tertiary/aromatic N) is 5. The van der Waals surface area contributed by atoms with E-state index in [4.69, 9.17) is 0 Å². The lowest BCUT2D eigenvalue weighted by Crippen LogP contribution is -2.23. The van der Waals surface area contributed by atoms with Gasteiger partial charge in [0, 0.05) is 29.1 Å². The summed E-state index contributed by atoms with van der Waals surface area (Å²) in [6.45, 7) is -3.11. The molecule has 4 heterocycles. The largest absolute Gasteiger partial charge is 0.436 e. The van der Waals surface area contributed by atoms with Gasteiger partial charge >= 0.3 is 12.7 Å². The van der Waals surface area contributed by atoms with Crippen LogP contribution in [-0.2, 0) is 6.18 Å². The van der Waals surface area contributed by atoms with Crippen LogP contribution < -0.4 is 5.56 Å². The van der Waals surface area contributed by atoms with Gasteiger partial charge < -0.3 is 0 Å². The van der Waals surface area contributed by atoms with Crippen molar-refractivity contribution in [1.82, 2.24) is 24.3 Å². The van der Waals surface area contributed by atoms with Gasteiger partial charge in [0.25, 0.3) is 5.56 Å². The Morgan fingerprint density at radius 2 is 1.90 bits per heavy atom. The molecule has 1 aliphatic rings. The van der Waals surface area contributed by atoms with Crippen LogP contribution >= 0.6 is 0 Å². The van der Waals surface area contributed by atoms with Crippen LogP contribution in [0.4, 0.5) is 26.3 Å². The number of aromatic nitrogens is 5. The lowest BCUT2D eigenvalue weighted by molar-refractivity contribution is -0.143. The highest BCUT2D eigenvalue weighted by molar-refractivity contribution is 6.03. The molecule has 1 aliphatic carbocycles. The van der Waals surface area contributed by atoms with Gasteiger partial charge in [-0.1, -0.05) is 0 Å². The van der Waals surface area contributed by atoms with Gasteiger partial charge in [-0.15, -0.1) is 0 Å². The number of hydrogen-bond donors (Lipinski definition) is 0. The second-order valence-corrected chi connectivity index (χ2v) is 7.16. The molecule has 0 bridgehead atoms. The van der Waals surface area contributed by atoms with Crippen LogP contribution in [-0.4, -0.2) is 24.3 Å². The summed E-state index contributed by atoms with van der Waals surface area (Å²) in [5.41, 5.74) is -3.12. The summed E-state index contributed by atoms with van der Waals surface area (Å²) in [5, 5.41) is 3.10. The van der Waals surface area contributed by atoms with E-state index in [0.717, 1.165) is 23.6 Å². The van der Waals surface area contributed by atoms with Crippen molar-refractivity contribution < 1.29 is 26.3 Å². The number of fused-ring (bicyclic) bond motifs is 3. The Balaban J connectivity index is 1.97. The molecule has 1 saturated carbocycles. The van der Waals surface area contributed by atoms with E-state index in [1.165, 1.54) is 18.3 Å². The average Bonchev–Trinajstić information content (AvgIpc) is 3.44. The van der Waals surface area contributed by atoms with Crippen LogP contribution in [0.1, 0.15) is 36.7 Å². The Bertz CT molecular complexity index is 1400. The molecule has 0 amide bonds. The third-order valence-electron chi connectivity index (χ3n) is 5.09. The molecule has 4 aromatic heterocycles. The molecule has 12 heteroatoms. The van der Waals surface area contributed by atoms with Crippen molar-refractivity contribution in [2.45, 2.75) is 31.5 Å². The van der Waals surface area contributed by atoms with Crippen molar-refractivity contribution in [1.29, 1.82) is 0 Å². The topological polar surface area (TPSA) is 65.6 Å². The predicted octanol–water partition coefficient (Wildman–Crippen LogP) is 4.56. The third kappa shape index (κ3) is 3.04. The molecule has 0 saturated heterocycles. The predicted molar refractivity (Wildman–Crippen MR) is 96.6 cm³/mol. The summed E-state index contributed by atoms with van der Waals surface area (Å²) in [7, 11) is 0. The van der Waals surface area contributed by atoms with E-state index < -0.39 is 41.0 Å². The Hall–Kier alpha value is -3.44. The van der Waals surface area contributed by atoms with E-state index in [0.29, 0.717) is 11.8 Å². The quantitative estimate of drug-likeness (QED) is 0.439. The molecular formula is C19H11F6N5O. The zero-order valence-electron chi connectivity index (χ0n) is 15.4. The molecule has 0 aliphatic heterocycles. The first kappa shape index (κ1) is 19.5. The number of rotatable bonds is 3. The van der Waals surface area contributed by atoms with Gasteiger partial charge in [0.1, 0.15) is 5.65 Å². The second kappa shape index (κ2) is 6.53. The van der Waals surface area contributed by atoms with Crippen molar-refractivity contribution in [2.75, 3.05) is 0 Å². The third-order valence-corrected chi connectivity index (χ3v) is 5.09. The maximum Gasteiger partial charge on any atom is 0.436 e. The van der Waals surface area contributed by atoms with Crippen LogP contribution in [0.2, 0.25) is 0 Å². The fraction of sp³-hybridized carbons (Fsp3) is 0.263. The highest BCUT2D eigenvalue weighted by atomic mass is 19.4. The second-order valence-electron chi connectivity index (χ2n) is 7.16. The minimum atomic E-state index is -5.13. The van der Waals surface area contributed by atoms with E-state index >= 15 is 0 Å².